The number of ether oxygens (including phenoxy) is 1. The monoisotopic (exact) mass is 262 g/mol. The van der Waals surface area contributed by atoms with E-state index in [-0.39, 0.29) is 5.91 Å². The van der Waals surface area contributed by atoms with Crippen molar-refractivity contribution in [1.82, 2.24) is 4.90 Å². The Bertz CT molecular complexity index is 413. The second kappa shape index (κ2) is 6.57. The Labute approximate surface area is 114 Å². The third kappa shape index (κ3) is 3.26. The molecule has 0 radical (unpaired) electrons. The van der Waals surface area contributed by atoms with E-state index in [9.17, 15) is 4.79 Å². The maximum atomic E-state index is 12.5. The van der Waals surface area contributed by atoms with Gasteiger partial charge in [-0.2, -0.15) is 0 Å². The van der Waals surface area contributed by atoms with Gasteiger partial charge in [-0.3, -0.25) is 4.79 Å². The molecule has 0 spiro atoms. The maximum absolute atomic E-state index is 12.5. The molecule has 1 fully saturated rings. The van der Waals surface area contributed by atoms with Crippen molar-refractivity contribution in [2.75, 3.05) is 19.7 Å². The van der Waals surface area contributed by atoms with Crippen LogP contribution in [-0.4, -0.2) is 36.5 Å². The van der Waals surface area contributed by atoms with E-state index in [1.54, 1.807) is 0 Å². The third-order valence-corrected chi connectivity index (χ3v) is 3.56. The number of nitrogens with zero attached hydrogens (tertiary/aromatic N) is 1. The molecule has 0 heterocycles. The molecule has 104 valence electrons. The van der Waals surface area contributed by atoms with E-state index in [1.807, 2.05) is 36.1 Å². The molecular weight excluding hydrogens is 240 g/mol. The number of carbonyl (C=O) groups excluding carboxylic acids is 1. The SMILES string of the molecule is CCOc1ccc(C(=O)N(CCN)C2CCC2)cc1. The van der Waals surface area contributed by atoms with Crippen LogP contribution in [-0.2, 0) is 0 Å². The molecule has 0 aliphatic heterocycles. The second-order valence-electron chi connectivity index (χ2n) is 4.83. The van der Waals surface area contributed by atoms with Gasteiger partial charge in [-0.1, -0.05) is 0 Å². The van der Waals surface area contributed by atoms with Crippen LogP contribution in [0.3, 0.4) is 0 Å². The molecule has 1 aliphatic carbocycles. The molecule has 2 N–H and O–H groups in total. The molecule has 1 aromatic carbocycles. The number of rotatable bonds is 6. The quantitative estimate of drug-likeness (QED) is 0.853. The topological polar surface area (TPSA) is 55.6 Å². The summed E-state index contributed by atoms with van der Waals surface area (Å²) in [4.78, 5) is 14.4. The van der Waals surface area contributed by atoms with Gasteiger partial charge in [-0.15, -0.1) is 0 Å². The molecule has 1 aromatic rings. The van der Waals surface area contributed by atoms with Crippen molar-refractivity contribution in [2.45, 2.75) is 32.2 Å². The summed E-state index contributed by atoms with van der Waals surface area (Å²) >= 11 is 0. The molecule has 1 saturated carbocycles. The van der Waals surface area contributed by atoms with E-state index < -0.39 is 0 Å². The van der Waals surface area contributed by atoms with Crippen molar-refractivity contribution in [2.24, 2.45) is 5.73 Å². The van der Waals surface area contributed by atoms with E-state index in [2.05, 4.69) is 0 Å². The Hall–Kier alpha value is -1.55. The highest BCUT2D eigenvalue weighted by Gasteiger charge is 2.28. The van der Waals surface area contributed by atoms with Crippen LogP contribution in [0.25, 0.3) is 0 Å². The smallest absolute Gasteiger partial charge is 0.254 e. The van der Waals surface area contributed by atoms with Gasteiger partial charge in [-0.25, -0.2) is 0 Å². The average Bonchev–Trinajstić information content (AvgIpc) is 2.37. The lowest BCUT2D eigenvalue weighted by molar-refractivity contribution is 0.0588. The van der Waals surface area contributed by atoms with Crippen LogP contribution in [0.1, 0.15) is 36.5 Å². The minimum atomic E-state index is 0.0817. The zero-order chi connectivity index (χ0) is 13.7. The predicted octanol–water partition coefficient (Wildman–Crippen LogP) is 2.04. The van der Waals surface area contributed by atoms with Gasteiger partial charge in [0.15, 0.2) is 0 Å². The van der Waals surface area contributed by atoms with Crippen molar-refractivity contribution in [3.63, 3.8) is 0 Å². The summed E-state index contributed by atoms with van der Waals surface area (Å²) in [6.07, 6.45) is 3.41. The highest BCUT2D eigenvalue weighted by atomic mass is 16.5. The van der Waals surface area contributed by atoms with Crippen molar-refractivity contribution >= 4 is 5.91 Å². The normalized spacial score (nSPS) is 14.8. The molecule has 0 saturated heterocycles. The van der Waals surface area contributed by atoms with Crippen LogP contribution in [0.4, 0.5) is 0 Å². The van der Waals surface area contributed by atoms with E-state index >= 15 is 0 Å². The first-order valence-corrected chi connectivity index (χ1v) is 7.00. The number of benzene rings is 1. The van der Waals surface area contributed by atoms with Crippen molar-refractivity contribution < 1.29 is 9.53 Å². The van der Waals surface area contributed by atoms with Crippen LogP contribution in [0, 0.1) is 0 Å². The standard InChI is InChI=1S/C15H22N2O2/c1-2-19-14-8-6-12(7-9-14)15(18)17(11-10-16)13-4-3-5-13/h6-9,13H,2-5,10-11,16H2,1H3. The predicted molar refractivity (Wildman–Crippen MR) is 75.3 cm³/mol. The fourth-order valence-electron chi connectivity index (χ4n) is 2.31. The van der Waals surface area contributed by atoms with Crippen molar-refractivity contribution in [1.29, 1.82) is 0 Å². The molecule has 1 aliphatic rings. The summed E-state index contributed by atoms with van der Waals surface area (Å²) in [5.41, 5.74) is 6.32. The average molecular weight is 262 g/mol. The number of carbonyl (C=O) groups is 1. The van der Waals surface area contributed by atoms with Gasteiger partial charge in [0.1, 0.15) is 5.75 Å². The van der Waals surface area contributed by atoms with Gasteiger partial charge in [0.05, 0.1) is 6.61 Å². The molecule has 2 rings (SSSR count). The lowest BCUT2D eigenvalue weighted by atomic mass is 9.91. The summed E-state index contributed by atoms with van der Waals surface area (Å²) < 4.78 is 5.38. The molecule has 0 aromatic heterocycles. The first kappa shape index (κ1) is 13.9. The Morgan fingerprint density at radius 2 is 2.05 bits per heavy atom. The first-order valence-electron chi connectivity index (χ1n) is 7.00. The molecule has 0 atom stereocenters. The van der Waals surface area contributed by atoms with Crippen LogP contribution >= 0.6 is 0 Å². The zero-order valence-corrected chi connectivity index (χ0v) is 11.5. The number of hydrogen-bond acceptors (Lipinski definition) is 3. The summed E-state index contributed by atoms with van der Waals surface area (Å²) in [5.74, 6) is 0.881. The Kier molecular flexibility index (Phi) is 4.80. The molecule has 0 bridgehead atoms. The zero-order valence-electron chi connectivity index (χ0n) is 11.5. The number of nitrogens with two attached hydrogens (primary N) is 1. The molecule has 4 nitrogen and oxygen atoms in total. The lowest BCUT2D eigenvalue weighted by Gasteiger charge is -2.37. The van der Waals surface area contributed by atoms with E-state index in [4.69, 9.17) is 10.5 Å². The van der Waals surface area contributed by atoms with Gasteiger partial charge in [0.25, 0.3) is 5.91 Å². The summed E-state index contributed by atoms with van der Waals surface area (Å²) in [7, 11) is 0. The molecular formula is C15H22N2O2. The van der Waals surface area contributed by atoms with Crippen LogP contribution in [0.15, 0.2) is 24.3 Å². The summed E-state index contributed by atoms with van der Waals surface area (Å²) in [5, 5.41) is 0. The fourth-order valence-corrected chi connectivity index (χ4v) is 2.31. The van der Waals surface area contributed by atoms with Gasteiger partial charge in [0, 0.05) is 24.7 Å². The van der Waals surface area contributed by atoms with Gasteiger partial charge in [0.2, 0.25) is 0 Å². The minimum Gasteiger partial charge on any atom is -0.494 e. The summed E-state index contributed by atoms with van der Waals surface area (Å²) in [6, 6.07) is 7.73. The Morgan fingerprint density at radius 3 is 2.53 bits per heavy atom. The van der Waals surface area contributed by atoms with Gasteiger partial charge >= 0.3 is 0 Å². The third-order valence-electron chi connectivity index (χ3n) is 3.56. The minimum absolute atomic E-state index is 0.0817. The summed E-state index contributed by atoms with van der Waals surface area (Å²) in [6.45, 7) is 3.73. The molecule has 0 unspecified atom stereocenters. The van der Waals surface area contributed by atoms with Crippen LogP contribution in [0.5, 0.6) is 5.75 Å². The van der Waals surface area contributed by atoms with Crippen molar-refractivity contribution in [3.05, 3.63) is 29.8 Å². The van der Waals surface area contributed by atoms with Crippen molar-refractivity contribution in [3.8, 4) is 5.75 Å². The molecule has 4 heteroatoms. The van der Waals surface area contributed by atoms with Crippen LogP contribution < -0.4 is 10.5 Å². The number of amides is 1. The Balaban J connectivity index is 2.07. The van der Waals surface area contributed by atoms with Gasteiger partial charge < -0.3 is 15.4 Å². The largest absolute Gasteiger partial charge is 0.494 e. The van der Waals surface area contributed by atoms with Crippen LogP contribution in [0.2, 0.25) is 0 Å². The van der Waals surface area contributed by atoms with E-state index in [1.165, 1.54) is 6.42 Å². The first-order chi connectivity index (χ1) is 9.26. The molecule has 1 amide bonds. The highest BCUT2D eigenvalue weighted by molar-refractivity contribution is 5.94. The number of hydrogen-bond donors (Lipinski definition) is 1. The van der Waals surface area contributed by atoms with E-state index in [0.29, 0.717) is 31.3 Å². The van der Waals surface area contributed by atoms with E-state index in [0.717, 1.165) is 18.6 Å². The molecule has 19 heavy (non-hydrogen) atoms. The lowest BCUT2D eigenvalue weighted by Crippen LogP contribution is -2.46. The Morgan fingerprint density at radius 1 is 1.37 bits per heavy atom. The highest BCUT2D eigenvalue weighted by Crippen LogP contribution is 2.26. The van der Waals surface area contributed by atoms with Gasteiger partial charge in [-0.05, 0) is 50.5 Å². The fraction of sp³-hybridized carbons (Fsp3) is 0.533. The maximum Gasteiger partial charge on any atom is 0.254 e. The second-order valence-corrected chi connectivity index (χ2v) is 4.83.